The number of nitrogens with zero attached hydrogens (tertiary/aromatic N) is 3. The minimum atomic E-state index is -3.78. The lowest BCUT2D eigenvalue weighted by molar-refractivity contribution is -0.127. The van der Waals surface area contributed by atoms with Gasteiger partial charge in [0.2, 0.25) is 15.9 Å². The van der Waals surface area contributed by atoms with Crippen LogP contribution in [-0.2, 0) is 14.8 Å². The van der Waals surface area contributed by atoms with Gasteiger partial charge in [0.05, 0.1) is 10.4 Å². The highest BCUT2D eigenvalue weighted by Gasteiger charge is 2.30. The molecular formula is C23H25N3O5S. The Morgan fingerprint density at radius 3 is 2.38 bits per heavy atom. The number of fused-ring (bicyclic) bond motifs is 1. The second-order valence-electron chi connectivity index (χ2n) is 7.93. The van der Waals surface area contributed by atoms with Crippen LogP contribution in [0.2, 0.25) is 0 Å². The second-order valence-corrected chi connectivity index (χ2v) is 9.87. The van der Waals surface area contributed by atoms with Gasteiger partial charge in [0, 0.05) is 44.4 Å². The van der Waals surface area contributed by atoms with Gasteiger partial charge in [-0.3, -0.25) is 9.36 Å². The van der Waals surface area contributed by atoms with Crippen molar-refractivity contribution in [3.05, 3.63) is 70.7 Å². The van der Waals surface area contributed by atoms with Gasteiger partial charge in [0.1, 0.15) is 0 Å². The van der Waals surface area contributed by atoms with E-state index in [9.17, 15) is 18.0 Å². The summed E-state index contributed by atoms with van der Waals surface area (Å²) < 4.78 is 34.4. The van der Waals surface area contributed by atoms with Crippen molar-refractivity contribution in [1.29, 1.82) is 0 Å². The Kier molecular flexibility index (Phi) is 6.03. The molecular weight excluding hydrogens is 430 g/mol. The molecule has 1 saturated heterocycles. The Bertz CT molecular complexity index is 1310. The van der Waals surface area contributed by atoms with Crippen LogP contribution < -0.4 is 5.76 Å². The van der Waals surface area contributed by atoms with Crippen LogP contribution in [0.15, 0.2) is 68.7 Å². The van der Waals surface area contributed by atoms with Crippen LogP contribution in [0.3, 0.4) is 0 Å². The highest BCUT2D eigenvalue weighted by atomic mass is 32.2. The molecule has 168 valence electrons. The molecule has 4 rings (SSSR count). The van der Waals surface area contributed by atoms with Crippen LogP contribution in [-0.4, -0.2) is 54.3 Å². The van der Waals surface area contributed by atoms with E-state index in [1.54, 1.807) is 17.0 Å². The summed E-state index contributed by atoms with van der Waals surface area (Å²) in [6, 6.07) is 13.9. The summed E-state index contributed by atoms with van der Waals surface area (Å²) in [6.07, 6.45) is 3.26. The highest BCUT2D eigenvalue weighted by Crippen LogP contribution is 2.24. The van der Waals surface area contributed by atoms with E-state index in [-0.39, 0.29) is 35.5 Å². The molecule has 0 spiro atoms. The van der Waals surface area contributed by atoms with E-state index >= 15 is 0 Å². The van der Waals surface area contributed by atoms with Gasteiger partial charge in [0.15, 0.2) is 5.58 Å². The zero-order valence-corrected chi connectivity index (χ0v) is 18.8. The molecule has 0 radical (unpaired) electrons. The van der Waals surface area contributed by atoms with Crippen LogP contribution >= 0.6 is 0 Å². The van der Waals surface area contributed by atoms with E-state index in [2.05, 4.69) is 0 Å². The number of sulfonamides is 1. The normalized spacial score (nSPS) is 15.8. The Hall–Kier alpha value is -3.17. The summed E-state index contributed by atoms with van der Waals surface area (Å²) in [6.45, 7) is 4.72. The third kappa shape index (κ3) is 4.26. The lowest BCUT2D eigenvalue weighted by Gasteiger charge is -2.33. The molecule has 2 aromatic carbocycles. The average Bonchev–Trinajstić information content (AvgIpc) is 3.13. The van der Waals surface area contributed by atoms with Crippen molar-refractivity contribution < 1.29 is 17.6 Å². The van der Waals surface area contributed by atoms with Crippen molar-refractivity contribution in [1.82, 2.24) is 13.8 Å². The number of oxazole rings is 1. The number of carbonyl (C=O) groups is 1. The van der Waals surface area contributed by atoms with E-state index in [0.29, 0.717) is 18.6 Å². The minimum absolute atomic E-state index is 0.0680. The third-order valence-electron chi connectivity index (χ3n) is 5.51. The van der Waals surface area contributed by atoms with Crippen molar-refractivity contribution in [2.24, 2.45) is 0 Å². The molecule has 0 bridgehead atoms. The van der Waals surface area contributed by atoms with Gasteiger partial charge in [-0.1, -0.05) is 30.3 Å². The fourth-order valence-electron chi connectivity index (χ4n) is 3.80. The molecule has 1 fully saturated rings. The Labute approximate surface area is 186 Å². The first-order valence-electron chi connectivity index (χ1n) is 10.4. The predicted molar refractivity (Wildman–Crippen MR) is 122 cm³/mol. The minimum Gasteiger partial charge on any atom is -0.408 e. The molecule has 9 heteroatoms. The van der Waals surface area contributed by atoms with Crippen molar-refractivity contribution >= 4 is 33.1 Å². The van der Waals surface area contributed by atoms with Gasteiger partial charge in [-0.05, 0) is 37.6 Å². The van der Waals surface area contributed by atoms with Crippen LogP contribution in [0.5, 0.6) is 0 Å². The van der Waals surface area contributed by atoms with E-state index in [1.807, 2.05) is 44.2 Å². The first-order valence-corrected chi connectivity index (χ1v) is 11.9. The van der Waals surface area contributed by atoms with Crippen LogP contribution in [0.25, 0.3) is 17.2 Å². The van der Waals surface area contributed by atoms with Crippen LogP contribution in [0.1, 0.15) is 25.5 Å². The first-order chi connectivity index (χ1) is 15.3. The van der Waals surface area contributed by atoms with E-state index in [1.165, 1.54) is 27.1 Å². The fraction of sp³-hybridized carbons (Fsp3) is 0.304. The van der Waals surface area contributed by atoms with Gasteiger partial charge in [0.25, 0.3) is 0 Å². The van der Waals surface area contributed by atoms with Gasteiger partial charge in [-0.2, -0.15) is 4.31 Å². The number of hydrogen-bond acceptors (Lipinski definition) is 5. The maximum Gasteiger partial charge on any atom is 0.420 e. The molecule has 1 amide bonds. The number of rotatable bonds is 5. The largest absolute Gasteiger partial charge is 0.420 e. The number of aromatic nitrogens is 1. The maximum absolute atomic E-state index is 13.1. The van der Waals surface area contributed by atoms with Gasteiger partial charge < -0.3 is 9.32 Å². The molecule has 1 aliphatic rings. The number of piperazine rings is 1. The topological polar surface area (TPSA) is 92.8 Å². The lowest BCUT2D eigenvalue weighted by Crippen LogP contribution is -2.50. The molecule has 1 aliphatic heterocycles. The number of benzene rings is 2. The smallest absolute Gasteiger partial charge is 0.408 e. The zero-order chi connectivity index (χ0) is 22.9. The summed E-state index contributed by atoms with van der Waals surface area (Å²) in [5.74, 6) is -0.663. The first kappa shape index (κ1) is 22.0. The molecule has 1 aromatic heterocycles. The Morgan fingerprint density at radius 1 is 1.03 bits per heavy atom. The van der Waals surface area contributed by atoms with Gasteiger partial charge in [-0.15, -0.1) is 0 Å². The second kappa shape index (κ2) is 8.76. The molecule has 0 unspecified atom stereocenters. The SMILES string of the molecule is CC(C)n1c(=O)oc2cc(S(=O)(=O)N3CCN(C(=O)C=Cc4ccccc4)CC3)ccc21. The fourth-order valence-corrected chi connectivity index (χ4v) is 5.24. The molecule has 3 aromatic rings. The summed E-state index contributed by atoms with van der Waals surface area (Å²) in [5, 5.41) is 0. The summed E-state index contributed by atoms with van der Waals surface area (Å²) in [7, 11) is -3.78. The quantitative estimate of drug-likeness (QED) is 0.552. The van der Waals surface area contributed by atoms with E-state index in [4.69, 9.17) is 4.42 Å². The van der Waals surface area contributed by atoms with Crippen LogP contribution in [0.4, 0.5) is 0 Å². The lowest BCUT2D eigenvalue weighted by atomic mass is 10.2. The molecule has 0 aliphatic carbocycles. The van der Waals surface area contributed by atoms with Gasteiger partial charge >= 0.3 is 5.76 Å². The zero-order valence-electron chi connectivity index (χ0n) is 18.0. The molecule has 32 heavy (non-hydrogen) atoms. The Balaban J connectivity index is 1.46. The number of hydrogen-bond donors (Lipinski definition) is 0. The van der Waals surface area contributed by atoms with Gasteiger partial charge in [-0.25, -0.2) is 13.2 Å². The van der Waals surface area contributed by atoms with Crippen LogP contribution in [0, 0.1) is 0 Å². The highest BCUT2D eigenvalue weighted by molar-refractivity contribution is 7.89. The maximum atomic E-state index is 13.1. The average molecular weight is 456 g/mol. The van der Waals surface area contributed by atoms with E-state index < -0.39 is 15.8 Å². The molecule has 8 nitrogen and oxygen atoms in total. The molecule has 0 saturated carbocycles. The standard InChI is InChI=1S/C23H25N3O5S/c1-17(2)26-20-10-9-19(16-21(20)31-23(26)28)32(29,30)25-14-12-24(13-15-25)22(27)11-8-18-6-4-3-5-7-18/h3-11,16-17H,12-15H2,1-2H3. The number of carbonyl (C=O) groups excluding carboxylic acids is 1. The van der Waals surface area contributed by atoms with E-state index in [0.717, 1.165) is 5.56 Å². The molecule has 2 heterocycles. The predicted octanol–water partition coefficient (Wildman–Crippen LogP) is 2.72. The monoisotopic (exact) mass is 455 g/mol. The van der Waals surface area contributed by atoms with Crippen molar-refractivity contribution in [2.45, 2.75) is 24.8 Å². The van der Waals surface area contributed by atoms with Crippen molar-refractivity contribution in [2.75, 3.05) is 26.2 Å². The summed E-state index contributed by atoms with van der Waals surface area (Å²) >= 11 is 0. The summed E-state index contributed by atoms with van der Waals surface area (Å²) in [5.41, 5.74) is 1.73. The number of amides is 1. The van der Waals surface area contributed by atoms with Crippen molar-refractivity contribution in [3.8, 4) is 0 Å². The summed E-state index contributed by atoms with van der Waals surface area (Å²) in [4.78, 5) is 26.2. The van der Waals surface area contributed by atoms with Crippen molar-refractivity contribution in [3.63, 3.8) is 0 Å². The molecule has 0 N–H and O–H groups in total. The Morgan fingerprint density at radius 2 is 1.72 bits per heavy atom. The third-order valence-corrected chi connectivity index (χ3v) is 7.40. The molecule has 0 atom stereocenters.